The van der Waals surface area contributed by atoms with E-state index >= 15 is 0 Å². The molecule has 1 unspecified atom stereocenters. The fourth-order valence-corrected chi connectivity index (χ4v) is 11.3. The highest BCUT2D eigenvalue weighted by molar-refractivity contribution is 6.09. The van der Waals surface area contributed by atoms with Crippen LogP contribution in [-0.4, -0.2) is 4.98 Å². The zero-order chi connectivity index (χ0) is 36.4. The van der Waals surface area contributed by atoms with E-state index in [0.717, 1.165) is 37.6 Å². The first-order chi connectivity index (χ1) is 25.7. The molecule has 4 aliphatic rings. The summed E-state index contributed by atoms with van der Waals surface area (Å²) in [5.41, 5.74) is 17.3. The Labute approximate surface area is 315 Å². The number of nitrogens with zero attached hydrogens (tertiary/aromatic N) is 2. The molecular formula is C51H51N2+. The van der Waals surface area contributed by atoms with Gasteiger partial charge >= 0.3 is 0 Å². The Kier molecular flexibility index (Phi) is 7.02. The molecule has 0 amide bonds. The number of rotatable bonds is 6. The third kappa shape index (κ3) is 4.10. The van der Waals surface area contributed by atoms with Gasteiger partial charge in [0, 0.05) is 24.1 Å². The molecule has 2 aromatic heterocycles. The predicted molar refractivity (Wildman–Crippen MR) is 220 cm³/mol. The van der Waals surface area contributed by atoms with Gasteiger partial charge in [0.1, 0.15) is 0 Å². The van der Waals surface area contributed by atoms with Crippen molar-refractivity contribution < 1.29 is 4.57 Å². The third-order valence-corrected chi connectivity index (χ3v) is 13.9. The molecule has 3 aliphatic carbocycles. The van der Waals surface area contributed by atoms with Gasteiger partial charge in [0.25, 0.3) is 0 Å². The number of hydrogen-bond donors (Lipinski definition) is 0. The maximum absolute atomic E-state index is 5.23. The van der Waals surface area contributed by atoms with Gasteiger partial charge < -0.3 is 0 Å². The summed E-state index contributed by atoms with van der Waals surface area (Å²) in [6.07, 6.45) is 15.4. The minimum atomic E-state index is -0.481. The second-order valence-electron chi connectivity index (χ2n) is 17.3. The van der Waals surface area contributed by atoms with Crippen molar-refractivity contribution in [2.45, 2.75) is 96.9 Å². The van der Waals surface area contributed by atoms with Gasteiger partial charge in [0.2, 0.25) is 11.2 Å². The largest absolute Gasteiger partial charge is 0.256 e. The molecule has 0 fully saturated rings. The van der Waals surface area contributed by atoms with E-state index in [1.807, 2.05) is 6.20 Å². The van der Waals surface area contributed by atoms with Gasteiger partial charge in [-0.05, 0) is 111 Å². The molecule has 264 valence electrons. The van der Waals surface area contributed by atoms with Crippen LogP contribution in [0.5, 0.6) is 0 Å². The maximum atomic E-state index is 5.23. The first-order valence-corrected chi connectivity index (χ1v) is 20.3. The van der Waals surface area contributed by atoms with Crippen molar-refractivity contribution in [3.8, 4) is 22.4 Å². The van der Waals surface area contributed by atoms with Crippen LogP contribution in [0, 0.1) is 11.8 Å². The Morgan fingerprint density at radius 2 is 1.42 bits per heavy atom. The van der Waals surface area contributed by atoms with Gasteiger partial charge in [0.05, 0.1) is 27.4 Å². The van der Waals surface area contributed by atoms with E-state index in [1.165, 1.54) is 77.5 Å². The Morgan fingerprint density at radius 3 is 2.08 bits per heavy atom. The summed E-state index contributed by atoms with van der Waals surface area (Å²) in [7, 11) is 0. The number of aromatic nitrogens is 2. The SMILES string of the molecule is CCC(CC)C1=CC2(CC(C(CC)CC)=C1)c1c3c(cc4ncccc14)C1(c4ccccc4-c4ccccc41)c1cc(C(C)(C)C)cc4cc[n+]2c-3c14. The van der Waals surface area contributed by atoms with E-state index in [0.29, 0.717) is 11.8 Å². The van der Waals surface area contributed by atoms with E-state index in [2.05, 4.69) is 156 Å². The molecule has 53 heavy (non-hydrogen) atoms. The fourth-order valence-electron chi connectivity index (χ4n) is 11.3. The zero-order valence-corrected chi connectivity index (χ0v) is 32.5. The van der Waals surface area contributed by atoms with Crippen LogP contribution in [-0.2, 0) is 16.4 Å². The Bertz CT molecular complexity index is 2540. The van der Waals surface area contributed by atoms with Gasteiger partial charge in [-0.3, -0.25) is 4.98 Å². The molecule has 2 nitrogen and oxygen atoms in total. The van der Waals surface area contributed by atoms with Crippen molar-refractivity contribution in [1.29, 1.82) is 0 Å². The Morgan fingerprint density at radius 1 is 0.736 bits per heavy atom. The van der Waals surface area contributed by atoms with Crippen molar-refractivity contribution in [1.82, 2.24) is 4.98 Å². The van der Waals surface area contributed by atoms with Gasteiger partial charge in [0.15, 0.2) is 6.20 Å². The lowest BCUT2D eigenvalue weighted by atomic mass is 9.60. The standard InChI is InChI=1S/C51H51N2/c1-8-31(9-2)34-25-35(32(10-3)11-4)30-50(29-34)47-39-19-16-23-52-44(39)28-43-46(47)48-45-33(22-24-53(48)50)26-36(49(5,6)7)27-42(45)51(43)40-20-14-12-17-37(40)38-18-13-15-21-41(38)51/h12-29,31-32H,8-11,30H2,1-7H3/q+1. The molecule has 2 spiro atoms. The van der Waals surface area contributed by atoms with Crippen LogP contribution < -0.4 is 4.57 Å². The Balaban J connectivity index is 1.45. The van der Waals surface area contributed by atoms with Crippen LogP contribution >= 0.6 is 0 Å². The van der Waals surface area contributed by atoms with Gasteiger partial charge in [-0.25, -0.2) is 0 Å². The van der Waals surface area contributed by atoms with Gasteiger partial charge in [-0.1, -0.05) is 127 Å². The maximum Gasteiger partial charge on any atom is 0.222 e. The van der Waals surface area contributed by atoms with Crippen LogP contribution in [0.15, 0.2) is 121 Å². The van der Waals surface area contributed by atoms with Crippen LogP contribution in [0.2, 0.25) is 0 Å². The summed E-state index contributed by atoms with van der Waals surface area (Å²) in [5.74, 6) is 1.08. The first-order valence-electron chi connectivity index (χ1n) is 20.3. The predicted octanol–water partition coefficient (Wildman–Crippen LogP) is 12.5. The van der Waals surface area contributed by atoms with Crippen molar-refractivity contribution in [2.24, 2.45) is 11.8 Å². The summed E-state index contributed by atoms with van der Waals surface area (Å²) in [5, 5.41) is 4.05. The number of benzene rings is 4. The molecule has 0 N–H and O–H groups in total. The summed E-state index contributed by atoms with van der Waals surface area (Å²) >= 11 is 0. The second kappa shape index (κ2) is 11.3. The van der Waals surface area contributed by atoms with Crippen molar-refractivity contribution >= 4 is 21.7 Å². The summed E-state index contributed by atoms with van der Waals surface area (Å²) in [6, 6.07) is 33.1. The van der Waals surface area contributed by atoms with Crippen molar-refractivity contribution in [2.75, 3.05) is 0 Å². The molecule has 6 aromatic rings. The molecular weight excluding hydrogens is 641 g/mol. The highest BCUT2D eigenvalue weighted by atomic mass is 15.1. The molecule has 0 saturated heterocycles. The van der Waals surface area contributed by atoms with E-state index in [4.69, 9.17) is 4.98 Å². The topological polar surface area (TPSA) is 16.8 Å². The monoisotopic (exact) mass is 691 g/mol. The van der Waals surface area contributed by atoms with E-state index in [9.17, 15) is 0 Å². The van der Waals surface area contributed by atoms with E-state index in [-0.39, 0.29) is 11.0 Å². The highest BCUT2D eigenvalue weighted by Crippen LogP contribution is 2.65. The third-order valence-electron chi connectivity index (χ3n) is 13.9. The summed E-state index contributed by atoms with van der Waals surface area (Å²) < 4.78 is 2.74. The molecule has 0 radical (unpaired) electrons. The van der Waals surface area contributed by atoms with E-state index in [1.54, 1.807) is 5.57 Å². The summed E-state index contributed by atoms with van der Waals surface area (Å²) in [4.78, 5) is 5.23. The number of allylic oxidation sites excluding steroid dienone is 4. The van der Waals surface area contributed by atoms with Crippen LogP contribution in [0.1, 0.15) is 114 Å². The Hall–Kier alpha value is -4.82. The molecule has 1 atom stereocenters. The lowest BCUT2D eigenvalue weighted by Gasteiger charge is -2.39. The van der Waals surface area contributed by atoms with Gasteiger partial charge in [-0.15, -0.1) is 0 Å². The lowest BCUT2D eigenvalue weighted by molar-refractivity contribution is -0.725. The van der Waals surface area contributed by atoms with Crippen LogP contribution in [0.25, 0.3) is 44.1 Å². The minimum absolute atomic E-state index is 0.0153. The lowest BCUT2D eigenvalue weighted by Crippen LogP contribution is -2.55. The molecule has 2 heteroatoms. The van der Waals surface area contributed by atoms with Crippen LogP contribution in [0.3, 0.4) is 0 Å². The normalized spacial score (nSPS) is 18.7. The molecule has 0 saturated carbocycles. The van der Waals surface area contributed by atoms with E-state index < -0.39 is 5.41 Å². The number of pyridine rings is 2. The first kappa shape index (κ1) is 32.8. The smallest absolute Gasteiger partial charge is 0.222 e. The van der Waals surface area contributed by atoms with Crippen LogP contribution in [0.4, 0.5) is 0 Å². The zero-order valence-electron chi connectivity index (χ0n) is 32.5. The fraction of sp³-hybridized carbons (Fsp3) is 0.333. The summed E-state index contributed by atoms with van der Waals surface area (Å²) in [6.45, 7) is 16.6. The van der Waals surface area contributed by atoms with Gasteiger partial charge in [-0.2, -0.15) is 4.57 Å². The molecule has 4 aromatic carbocycles. The number of fused-ring (bicyclic) bond motifs is 11. The average Bonchev–Trinajstić information content (AvgIpc) is 3.62. The van der Waals surface area contributed by atoms with Crippen molar-refractivity contribution in [3.63, 3.8) is 0 Å². The molecule has 10 rings (SSSR count). The van der Waals surface area contributed by atoms with Crippen molar-refractivity contribution in [3.05, 3.63) is 154 Å². The molecule has 1 aliphatic heterocycles. The molecule has 0 bridgehead atoms. The number of hydrogen-bond acceptors (Lipinski definition) is 1. The highest BCUT2D eigenvalue weighted by Gasteiger charge is 2.61. The average molecular weight is 692 g/mol. The molecule has 3 heterocycles. The minimum Gasteiger partial charge on any atom is -0.256 e. The quantitative estimate of drug-likeness (QED) is 0.159. The second-order valence-corrected chi connectivity index (χ2v) is 17.3.